The number of amides is 1. The highest BCUT2D eigenvalue weighted by molar-refractivity contribution is 5.94. The number of aliphatic hydroxyl groups excluding tert-OH is 1. The third-order valence-electron chi connectivity index (χ3n) is 4.11. The van der Waals surface area contributed by atoms with Crippen LogP contribution in [0.5, 0.6) is 0 Å². The Balaban J connectivity index is 1.77. The molecule has 1 amide bonds. The molecule has 0 bridgehead atoms. The van der Waals surface area contributed by atoms with Crippen molar-refractivity contribution in [2.75, 3.05) is 13.2 Å². The predicted octanol–water partition coefficient (Wildman–Crippen LogP) is 3.99. The highest BCUT2D eigenvalue weighted by Crippen LogP contribution is 2.20. The van der Waals surface area contributed by atoms with Crippen LogP contribution in [0.4, 0.5) is 0 Å². The van der Waals surface area contributed by atoms with Gasteiger partial charge < -0.3 is 10.0 Å². The van der Waals surface area contributed by atoms with Gasteiger partial charge in [-0.2, -0.15) is 0 Å². The summed E-state index contributed by atoms with van der Waals surface area (Å²) in [5, 5.41) is 9.31. The van der Waals surface area contributed by atoms with E-state index in [-0.39, 0.29) is 12.5 Å². The molecule has 0 fully saturated rings. The summed E-state index contributed by atoms with van der Waals surface area (Å²) < 4.78 is 0. The Morgan fingerprint density at radius 3 is 1.92 bits per heavy atom. The molecule has 0 spiro atoms. The van der Waals surface area contributed by atoms with Crippen molar-refractivity contribution in [1.29, 1.82) is 0 Å². The van der Waals surface area contributed by atoms with Gasteiger partial charge in [0, 0.05) is 18.7 Å². The summed E-state index contributed by atoms with van der Waals surface area (Å²) in [6.45, 7) is 0.746. The summed E-state index contributed by atoms with van der Waals surface area (Å²) in [4.78, 5) is 14.5. The van der Waals surface area contributed by atoms with Crippen molar-refractivity contribution in [3.63, 3.8) is 0 Å². The molecule has 0 saturated heterocycles. The molecule has 3 heteroatoms. The van der Waals surface area contributed by atoms with Gasteiger partial charge in [-0.3, -0.25) is 4.79 Å². The lowest BCUT2D eigenvalue weighted by Gasteiger charge is -2.22. The van der Waals surface area contributed by atoms with Crippen molar-refractivity contribution in [3.8, 4) is 11.1 Å². The van der Waals surface area contributed by atoms with Gasteiger partial charge in [0.1, 0.15) is 0 Å². The van der Waals surface area contributed by atoms with Crippen LogP contribution < -0.4 is 0 Å². The number of aliphatic hydroxyl groups is 1. The second-order valence-electron chi connectivity index (χ2n) is 5.88. The average molecular weight is 331 g/mol. The summed E-state index contributed by atoms with van der Waals surface area (Å²) >= 11 is 0. The number of benzene rings is 3. The predicted molar refractivity (Wildman–Crippen MR) is 100 cm³/mol. The van der Waals surface area contributed by atoms with E-state index in [0.717, 1.165) is 16.7 Å². The number of nitrogens with zero attached hydrogens (tertiary/aromatic N) is 1. The van der Waals surface area contributed by atoms with E-state index in [1.807, 2.05) is 84.9 Å². The number of carbonyl (C=O) groups excluding carboxylic acids is 1. The van der Waals surface area contributed by atoms with E-state index >= 15 is 0 Å². The molecule has 0 saturated carbocycles. The zero-order chi connectivity index (χ0) is 17.5. The van der Waals surface area contributed by atoms with Crippen molar-refractivity contribution in [2.45, 2.75) is 6.54 Å². The Labute approximate surface area is 148 Å². The minimum absolute atomic E-state index is 0.0549. The molecule has 0 aliphatic heterocycles. The van der Waals surface area contributed by atoms with Crippen LogP contribution in [0, 0.1) is 0 Å². The molecule has 0 aromatic heterocycles. The van der Waals surface area contributed by atoms with Gasteiger partial charge >= 0.3 is 0 Å². The number of hydrogen-bond donors (Lipinski definition) is 1. The van der Waals surface area contributed by atoms with Gasteiger partial charge in [-0.15, -0.1) is 0 Å². The first-order valence-electron chi connectivity index (χ1n) is 8.37. The van der Waals surface area contributed by atoms with Gasteiger partial charge in [0.05, 0.1) is 6.61 Å². The number of hydrogen-bond acceptors (Lipinski definition) is 2. The molecule has 0 aliphatic carbocycles. The standard InChI is InChI=1S/C22H21NO2/c24-16-15-23(17-18-7-3-1-4-8-18)22(25)21-13-11-20(12-14-21)19-9-5-2-6-10-19/h1-14,24H,15-17H2. The van der Waals surface area contributed by atoms with Gasteiger partial charge in [0.25, 0.3) is 5.91 Å². The zero-order valence-electron chi connectivity index (χ0n) is 14.0. The Kier molecular flexibility index (Phi) is 5.60. The molecule has 3 aromatic carbocycles. The second kappa shape index (κ2) is 8.27. The molecule has 126 valence electrons. The van der Waals surface area contributed by atoms with Gasteiger partial charge in [0.2, 0.25) is 0 Å². The molecule has 0 aliphatic rings. The maximum absolute atomic E-state index is 12.8. The smallest absolute Gasteiger partial charge is 0.254 e. The largest absolute Gasteiger partial charge is 0.395 e. The summed E-state index contributed by atoms with van der Waals surface area (Å²) in [6.07, 6.45) is 0. The summed E-state index contributed by atoms with van der Waals surface area (Å²) in [5.41, 5.74) is 3.88. The molecule has 0 heterocycles. The van der Waals surface area contributed by atoms with Crippen molar-refractivity contribution in [3.05, 3.63) is 96.1 Å². The van der Waals surface area contributed by atoms with E-state index < -0.39 is 0 Å². The molecule has 0 unspecified atom stereocenters. The molecule has 3 nitrogen and oxygen atoms in total. The third-order valence-corrected chi connectivity index (χ3v) is 4.11. The van der Waals surface area contributed by atoms with E-state index in [2.05, 4.69) is 0 Å². The molecular formula is C22H21NO2. The van der Waals surface area contributed by atoms with Crippen LogP contribution in [-0.2, 0) is 6.54 Å². The van der Waals surface area contributed by atoms with E-state index in [4.69, 9.17) is 0 Å². The number of rotatable bonds is 6. The Bertz CT molecular complexity index is 798. The lowest BCUT2D eigenvalue weighted by atomic mass is 10.0. The molecule has 0 atom stereocenters. The highest BCUT2D eigenvalue weighted by Gasteiger charge is 2.15. The monoisotopic (exact) mass is 331 g/mol. The highest BCUT2D eigenvalue weighted by atomic mass is 16.3. The van der Waals surface area contributed by atoms with Crippen LogP contribution in [0.2, 0.25) is 0 Å². The van der Waals surface area contributed by atoms with Gasteiger partial charge in [-0.1, -0.05) is 72.8 Å². The lowest BCUT2D eigenvalue weighted by Crippen LogP contribution is -2.33. The van der Waals surface area contributed by atoms with Crippen molar-refractivity contribution in [2.24, 2.45) is 0 Å². The van der Waals surface area contributed by atoms with Gasteiger partial charge in [-0.25, -0.2) is 0 Å². The van der Waals surface area contributed by atoms with Crippen LogP contribution in [0.15, 0.2) is 84.9 Å². The minimum atomic E-state index is -0.0717. The number of carbonyl (C=O) groups is 1. The topological polar surface area (TPSA) is 40.5 Å². The van der Waals surface area contributed by atoms with Crippen molar-refractivity contribution < 1.29 is 9.90 Å². The fourth-order valence-corrected chi connectivity index (χ4v) is 2.80. The molecule has 0 radical (unpaired) electrons. The summed E-state index contributed by atoms with van der Waals surface area (Å²) in [6, 6.07) is 27.5. The van der Waals surface area contributed by atoms with E-state index in [9.17, 15) is 9.90 Å². The molecule has 3 rings (SSSR count). The van der Waals surface area contributed by atoms with Crippen LogP contribution in [0.1, 0.15) is 15.9 Å². The van der Waals surface area contributed by atoms with Crippen LogP contribution in [0.25, 0.3) is 11.1 Å². The first-order valence-corrected chi connectivity index (χ1v) is 8.37. The molecule has 1 N–H and O–H groups in total. The maximum atomic E-state index is 12.8. The van der Waals surface area contributed by atoms with E-state index in [1.165, 1.54) is 0 Å². The van der Waals surface area contributed by atoms with Crippen LogP contribution in [0.3, 0.4) is 0 Å². The van der Waals surface area contributed by atoms with Crippen LogP contribution in [-0.4, -0.2) is 29.1 Å². The molecular weight excluding hydrogens is 310 g/mol. The first-order chi connectivity index (χ1) is 12.3. The lowest BCUT2D eigenvalue weighted by molar-refractivity contribution is 0.0708. The van der Waals surface area contributed by atoms with Crippen molar-refractivity contribution in [1.82, 2.24) is 4.90 Å². The fourth-order valence-electron chi connectivity index (χ4n) is 2.80. The van der Waals surface area contributed by atoms with Gasteiger partial charge in [-0.05, 0) is 28.8 Å². The Morgan fingerprint density at radius 2 is 1.32 bits per heavy atom. The third kappa shape index (κ3) is 4.34. The van der Waals surface area contributed by atoms with Crippen LogP contribution >= 0.6 is 0 Å². The van der Waals surface area contributed by atoms with E-state index in [1.54, 1.807) is 4.90 Å². The SMILES string of the molecule is O=C(c1ccc(-c2ccccc2)cc1)N(CCO)Cc1ccccc1. The van der Waals surface area contributed by atoms with Gasteiger partial charge in [0.15, 0.2) is 0 Å². The Morgan fingerprint density at radius 1 is 0.760 bits per heavy atom. The quantitative estimate of drug-likeness (QED) is 0.742. The van der Waals surface area contributed by atoms with E-state index in [0.29, 0.717) is 18.7 Å². The minimum Gasteiger partial charge on any atom is -0.395 e. The fraction of sp³-hybridized carbons (Fsp3) is 0.136. The summed E-state index contributed by atoms with van der Waals surface area (Å²) in [7, 11) is 0. The molecule has 25 heavy (non-hydrogen) atoms. The molecule has 3 aromatic rings. The normalized spacial score (nSPS) is 10.4. The first kappa shape index (κ1) is 16.9. The maximum Gasteiger partial charge on any atom is 0.254 e. The average Bonchev–Trinajstić information content (AvgIpc) is 2.69. The second-order valence-corrected chi connectivity index (χ2v) is 5.88. The Hall–Kier alpha value is -2.91. The zero-order valence-corrected chi connectivity index (χ0v) is 14.0. The summed E-state index contributed by atoms with van der Waals surface area (Å²) in [5.74, 6) is -0.0717. The van der Waals surface area contributed by atoms with Crippen molar-refractivity contribution >= 4 is 5.91 Å².